The Morgan fingerprint density at radius 1 is 0.453 bits per heavy atom. The number of furan rings is 1. The standard InChI is InChI=1S/C62H32ClN7O4S/c63-39-23-24-42-46(32-39)64-59-54(71)45-29-36(22-27-48(45)69(59)60(42)72)40-25-26-41(55-52(40)43-18-7-9-20-50(43)74-55)38-30-44(53-47(31-38)65-62-70(61(53)73)49-19-8-10-21-51(49)75-62)35-16-11-17-37(28-35)58-67-56(33-12-3-1-4-13-33)66-57(68-58)34-14-5-2-6-15-34/h1-32H. The van der Waals surface area contributed by atoms with Crippen LogP contribution in [0.2, 0.25) is 5.02 Å². The number of carbonyl (C=O) groups excluding carboxylic acids is 1. The number of aromatic nitrogens is 7. The van der Waals surface area contributed by atoms with Gasteiger partial charge < -0.3 is 4.42 Å². The maximum absolute atomic E-state index is 15.2. The molecule has 5 aromatic heterocycles. The molecule has 15 rings (SSSR count). The van der Waals surface area contributed by atoms with Crippen LogP contribution >= 0.6 is 22.9 Å². The molecule has 0 atom stereocenters. The summed E-state index contributed by atoms with van der Waals surface area (Å²) in [5, 5.41) is 2.94. The number of ketones is 1. The molecule has 352 valence electrons. The summed E-state index contributed by atoms with van der Waals surface area (Å²) in [6.45, 7) is 0. The van der Waals surface area contributed by atoms with E-state index >= 15 is 4.79 Å². The van der Waals surface area contributed by atoms with Gasteiger partial charge in [0.2, 0.25) is 5.78 Å². The molecule has 0 saturated carbocycles. The van der Waals surface area contributed by atoms with E-state index in [4.69, 9.17) is 36.0 Å². The largest absolute Gasteiger partial charge is 0.455 e. The van der Waals surface area contributed by atoms with Crippen molar-refractivity contribution in [1.82, 2.24) is 33.9 Å². The minimum absolute atomic E-state index is 0.0390. The van der Waals surface area contributed by atoms with Gasteiger partial charge >= 0.3 is 0 Å². The molecular weight excluding hydrogens is 974 g/mol. The van der Waals surface area contributed by atoms with Crippen LogP contribution in [0.5, 0.6) is 0 Å². The minimum atomic E-state index is -0.358. The van der Waals surface area contributed by atoms with Crippen molar-refractivity contribution < 1.29 is 9.21 Å². The first-order valence-electron chi connectivity index (χ1n) is 24.0. The van der Waals surface area contributed by atoms with Crippen molar-refractivity contribution in [3.63, 3.8) is 0 Å². The quantitative estimate of drug-likeness (QED) is 0.159. The molecule has 0 saturated heterocycles. The molecule has 1 aliphatic rings. The molecular formula is C62H32ClN7O4S. The fourth-order valence-electron chi connectivity index (χ4n) is 10.6. The van der Waals surface area contributed by atoms with Crippen LogP contribution in [0.3, 0.4) is 0 Å². The van der Waals surface area contributed by atoms with Gasteiger partial charge in [-0.05, 0) is 101 Å². The maximum Gasteiger partial charge on any atom is 0.267 e. The third-order valence-corrected chi connectivity index (χ3v) is 15.3. The SMILES string of the molecule is O=C1c2cc(-c3ccc(-c4cc(-c5cccc(-c6nc(-c7ccccc7)nc(-c7ccccc7)n6)c5)c5c(=O)n6c(nc5c4)sc4ccccc46)c4oc5ccccc5c34)ccc2-n2c1nc1cc(Cl)ccc1c2=O. The van der Waals surface area contributed by atoms with Gasteiger partial charge in [-0.25, -0.2) is 24.9 Å². The number of thiazole rings is 1. The van der Waals surface area contributed by atoms with E-state index in [-0.39, 0.29) is 22.7 Å². The Bertz CT molecular complexity index is 4870. The summed E-state index contributed by atoms with van der Waals surface area (Å²) in [4.78, 5) is 68.6. The van der Waals surface area contributed by atoms with Crippen molar-refractivity contribution >= 4 is 87.6 Å². The molecule has 0 N–H and O–H groups in total. The van der Waals surface area contributed by atoms with Crippen LogP contribution in [0.4, 0.5) is 0 Å². The predicted octanol–water partition coefficient (Wildman–Crippen LogP) is 14.0. The van der Waals surface area contributed by atoms with Gasteiger partial charge in [0, 0.05) is 38.0 Å². The highest BCUT2D eigenvalue weighted by Gasteiger charge is 2.32. The van der Waals surface area contributed by atoms with Gasteiger partial charge in [0.05, 0.1) is 43.3 Å². The van der Waals surface area contributed by atoms with Gasteiger partial charge in [-0.1, -0.05) is 144 Å². The predicted molar refractivity (Wildman–Crippen MR) is 297 cm³/mol. The minimum Gasteiger partial charge on any atom is -0.455 e. The zero-order valence-electron chi connectivity index (χ0n) is 39.0. The highest BCUT2D eigenvalue weighted by atomic mass is 35.5. The summed E-state index contributed by atoms with van der Waals surface area (Å²) >= 11 is 7.74. The second-order valence-corrected chi connectivity index (χ2v) is 19.8. The van der Waals surface area contributed by atoms with Crippen LogP contribution in [0.1, 0.15) is 16.2 Å². The van der Waals surface area contributed by atoms with Crippen LogP contribution < -0.4 is 11.1 Å². The van der Waals surface area contributed by atoms with Gasteiger partial charge in [0.15, 0.2) is 28.3 Å². The number of hydrogen-bond acceptors (Lipinski definition) is 10. The first-order valence-corrected chi connectivity index (χ1v) is 25.2. The number of benzene rings is 9. The number of hydrogen-bond donors (Lipinski definition) is 0. The lowest BCUT2D eigenvalue weighted by molar-refractivity contribution is 0.103. The average Bonchev–Trinajstić information content (AvgIpc) is 4.15. The molecule has 0 bridgehead atoms. The van der Waals surface area contributed by atoms with Gasteiger partial charge in [-0.15, -0.1) is 0 Å². The smallest absolute Gasteiger partial charge is 0.267 e. The molecule has 0 radical (unpaired) electrons. The lowest BCUT2D eigenvalue weighted by Crippen LogP contribution is -2.21. The second kappa shape index (κ2) is 16.4. The van der Waals surface area contributed by atoms with Crippen molar-refractivity contribution in [1.29, 1.82) is 0 Å². The van der Waals surface area contributed by atoms with E-state index in [0.29, 0.717) is 77.2 Å². The zero-order valence-corrected chi connectivity index (χ0v) is 40.6. The molecule has 14 aromatic rings. The van der Waals surface area contributed by atoms with E-state index in [1.807, 2.05) is 170 Å². The Morgan fingerprint density at radius 3 is 1.92 bits per heavy atom. The van der Waals surface area contributed by atoms with Crippen molar-refractivity contribution in [3.8, 4) is 73.2 Å². The molecule has 0 amide bonds. The Labute approximate surface area is 432 Å². The van der Waals surface area contributed by atoms with E-state index in [9.17, 15) is 9.59 Å². The number of nitrogens with zero attached hydrogens (tertiary/aromatic N) is 7. The number of fused-ring (bicyclic) bond motifs is 11. The van der Waals surface area contributed by atoms with E-state index < -0.39 is 0 Å². The van der Waals surface area contributed by atoms with Crippen molar-refractivity contribution in [2.24, 2.45) is 0 Å². The third-order valence-electron chi connectivity index (χ3n) is 14.0. The van der Waals surface area contributed by atoms with E-state index in [2.05, 4.69) is 4.98 Å². The monoisotopic (exact) mass is 1010 g/mol. The Balaban J connectivity index is 0.937. The summed E-state index contributed by atoms with van der Waals surface area (Å²) in [6, 6.07) is 61.8. The molecule has 0 fully saturated rings. The summed E-state index contributed by atoms with van der Waals surface area (Å²) in [6.07, 6.45) is 0. The van der Waals surface area contributed by atoms with Gasteiger partial charge in [0.25, 0.3) is 11.1 Å². The highest BCUT2D eigenvalue weighted by Crippen LogP contribution is 2.45. The number of rotatable bonds is 6. The molecule has 0 spiro atoms. The molecule has 9 aromatic carbocycles. The van der Waals surface area contributed by atoms with Crippen LogP contribution in [-0.2, 0) is 0 Å². The van der Waals surface area contributed by atoms with Crippen molar-refractivity contribution in [2.75, 3.05) is 0 Å². The first kappa shape index (κ1) is 42.9. The van der Waals surface area contributed by atoms with Gasteiger partial charge in [-0.2, -0.15) is 0 Å². The summed E-state index contributed by atoms with van der Waals surface area (Å²) in [7, 11) is 0. The van der Waals surface area contributed by atoms with Crippen LogP contribution in [0.15, 0.2) is 208 Å². The topological polar surface area (TPSA) is 138 Å². The van der Waals surface area contributed by atoms with E-state index in [0.717, 1.165) is 65.5 Å². The molecule has 1 aliphatic heterocycles. The maximum atomic E-state index is 15.2. The molecule has 0 unspecified atom stereocenters. The summed E-state index contributed by atoms with van der Waals surface area (Å²) in [5.41, 5.74) is 10.2. The van der Waals surface area contributed by atoms with Gasteiger partial charge in [0.1, 0.15) is 11.2 Å². The van der Waals surface area contributed by atoms with Crippen LogP contribution in [-0.4, -0.2) is 39.7 Å². The van der Waals surface area contributed by atoms with Crippen LogP contribution in [0.25, 0.3) is 132 Å². The Kier molecular flexibility index (Phi) is 9.37. The summed E-state index contributed by atoms with van der Waals surface area (Å²) in [5.74, 6) is 1.23. The van der Waals surface area contributed by atoms with Gasteiger partial charge in [-0.3, -0.25) is 23.4 Å². The molecule has 6 heterocycles. The highest BCUT2D eigenvalue weighted by molar-refractivity contribution is 7.23. The zero-order chi connectivity index (χ0) is 50.1. The molecule has 75 heavy (non-hydrogen) atoms. The van der Waals surface area contributed by atoms with Crippen molar-refractivity contribution in [2.45, 2.75) is 0 Å². The lowest BCUT2D eigenvalue weighted by Gasteiger charge is -2.14. The normalized spacial score (nSPS) is 12.2. The van der Waals surface area contributed by atoms with Crippen LogP contribution in [0, 0.1) is 0 Å². The molecule has 0 aliphatic carbocycles. The fraction of sp³-hybridized carbons (Fsp3) is 0. The fourth-order valence-corrected chi connectivity index (χ4v) is 11.8. The number of carbonyl (C=O) groups is 1. The molecule has 13 heteroatoms. The third kappa shape index (κ3) is 6.67. The lowest BCUT2D eigenvalue weighted by atomic mass is 9.91. The Morgan fingerprint density at radius 2 is 1.12 bits per heavy atom. The van der Waals surface area contributed by atoms with Crippen molar-refractivity contribution in [3.05, 3.63) is 231 Å². The Hall–Kier alpha value is -9.75. The average molecular weight is 1010 g/mol. The van der Waals surface area contributed by atoms with E-state index in [1.54, 1.807) is 28.7 Å². The van der Waals surface area contributed by atoms with E-state index in [1.165, 1.54) is 15.9 Å². The first-order chi connectivity index (χ1) is 36.8. The number of para-hydroxylation sites is 2. The molecule has 11 nitrogen and oxygen atoms in total. The second-order valence-electron chi connectivity index (χ2n) is 18.4. The number of halogens is 1. The summed E-state index contributed by atoms with van der Waals surface area (Å²) < 4.78 is 10.9.